The number of aromatic nitrogens is 2. The number of urea groups is 1. The molecular formula is C17H22FN5OS. The molecule has 0 aliphatic heterocycles. The maximum Gasteiger partial charge on any atom is 0.324 e. The molecule has 0 saturated heterocycles. The fourth-order valence-electron chi connectivity index (χ4n) is 2.33. The summed E-state index contributed by atoms with van der Waals surface area (Å²) in [7, 11) is 3.92. The summed E-state index contributed by atoms with van der Waals surface area (Å²) < 4.78 is 13.1. The van der Waals surface area contributed by atoms with Crippen molar-refractivity contribution in [1.29, 1.82) is 0 Å². The minimum absolute atomic E-state index is 0.218. The molecule has 0 unspecified atom stereocenters. The third kappa shape index (κ3) is 5.20. The van der Waals surface area contributed by atoms with Gasteiger partial charge >= 0.3 is 6.03 Å². The molecule has 134 valence electrons. The third-order valence-corrected chi connectivity index (χ3v) is 4.97. The Morgan fingerprint density at radius 3 is 2.60 bits per heavy atom. The molecule has 25 heavy (non-hydrogen) atoms. The second-order valence-corrected chi connectivity index (χ2v) is 7.51. The van der Waals surface area contributed by atoms with Gasteiger partial charge in [-0.2, -0.15) is 0 Å². The van der Waals surface area contributed by atoms with Gasteiger partial charge in [0.15, 0.2) is 0 Å². The van der Waals surface area contributed by atoms with Crippen LogP contribution in [-0.2, 0) is 6.54 Å². The smallest absolute Gasteiger partial charge is 0.319 e. The summed E-state index contributed by atoms with van der Waals surface area (Å²) in [6.45, 7) is 1.71. The molecule has 6 nitrogen and oxygen atoms in total. The lowest BCUT2D eigenvalue weighted by atomic mass is 10.2. The van der Waals surface area contributed by atoms with Crippen molar-refractivity contribution < 1.29 is 9.18 Å². The normalized spacial score (nSPS) is 13.9. The maximum absolute atomic E-state index is 13.1. The van der Waals surface area contributed by atoms with Crippen molar-refractivity contribution in [3.63, 3.8) is 0 Å². The third-order valence-electron chi connectivity index (χ3n) is 3.97. The van der Waals surface area contributed by atoms with E-state index in [0.717, 1.165) is 30.0 Å². The highest BCUT2D eigenvalue weighted by Crippen LogP contribution is 2.42. The van der Waals surface area contributed by atoms with E-state index in [4.69, 9.17) is 0 Å². The molecule has 1 saturated carbocycles. The van der Waals surface area contributed by atoms with Crippen LogP contribution in [0.5, 0.6) is 0 Å². The highest BCUT2D eigenvalue weighted by atomic mass is 32.1. The average Bonchev–Trinajstić information content (AvgIpc) is 3.33. The molecule has 1 aliphatic rings. The lowest BCUT2D eigenvalue weighted by Crippen LogP contribution is -2.39. The van der Waals surface area contributed by atoms with Gasteiger partial charge in [-0.25, -0.2) is 9.18 Å². The van der Waals surface area contributed by atoms with Crippen molar-refractivity contribution in [2.45, 2.75) is 25.3 Å². The zero-order chi connectivity index (χ0) is 17.8. The van der Waals surface area contributed by atoms with E-state index in [0.29, 0.717) is 24.1 Å². The number of amides is 2. The first-order valence-electron chi connectivity index (χ1n) is 8.30. The van der Waals surface area contributed by atoms with E-state index in [1.807, 2.05) is 19.0 Å². The second-order valence-electron chi connectivity index (χ2n) is 6.50. The topological polar surface area (TPSA) is 61.4 Å². The van der Waals surface area contributed by atoms with Crippen LogP contribution in [0.3, 0.4) is 0 Å². The molecule has 8 heteroatoms. The predicted octanol–water partition coefficient (Wildman–Crippen LogP) is 3.15. The minimum Gasteiger partial charge on any atom is -0.319 e. The molecule has 1 aromatic carbocycles. The summed E-state index contributed by atoms with van der Waals surface area (Å²) in [5.74, 6) is 0.238. The van der Waals surface area contributed by atoms with Crippen LogP contribution in [0.15, 0.2) is 24.3 Å². The molecule has 0 spiro atoms. The van der Waals surface area contributed by atoms with Crippen LogP contribution in [0.2, 0.25) is 0 Å². The largest absolute Gasteiger partial charge is 0.324 e. The summed E-state index contributed by atoms with van der Waals surface area (Å²) in [4.78, 5) is 16.4. The molecular weight excluding hydrogens is 341 g/mol. The van der Waals surface area contributed by atoms with Crippen molar-refractivity contribution in [2.24, 2.45) is 0 Å². The van der Waals surface area contributed by atoms with Crippen molar-refractivity contribution in [3.8, 4) is 0 Å². The number of hydrogen-bond donors (Lipinski definition) is 1. The number of benzene rings is 1. The van der Waals surface area contributed by atoms with Gasteiger partial charge in [-0.05, 0) is 44.6 Å². The van der Waals surface area contributed by atoms with E-state index in [1.165, 1.54) is 23.5 Å². The van der Waals surface area contributed by atoms with Crippen LogP contribution < -0.4 is 5.32 Å². The zero-order valence-electron chi connectivity index (χ0n) is 14.4. The number of carbonyl (C=O) groups is 1. The quantitative estimate of drug-likeness (QED) is 0.821. The Labute approximate surface area is 150 Å². The Morgan fingerprint density at radius 1 is 1.24 bits per heavy atom. The first-order valence-corrected chi connectivity index (χ1v) is 9.11. The summed E-state index contributed by atoms with van der Waals surface area (Å²) in [6.07, 6.45) is 2.31. The van der Waals surface area contributed by atoms with Crippen molar-refractivity contribution in [2.75, 3.05) is 32.5 Å². The Morgan fingerprint density at radius 2 is 1.96 bits per heavy atom. The second kappa shape index (κ2) is 7.88. The molecule has 1 aromatic heterocycles. The van der Waals surface area contributed by atoms with Gasteiger partial charge in [0.25, 0.3) is 0 Å². The van der Waals surface area contributed by atoms with Crippen LogP contribution in [0.4, 0.5) is 14.3 Å². The van der Waals surface area contributed by atoms with E-state index in [2.05, 4.69) is 15.5 Å². The first kappa shape index (κ1) is 17.8. The lowest BCUT2D eigenvalue weighted by molar-refractivity contribution is 0.202. The van der Waals surface area contributed by atoms with Gasteiger partial charge in [0.2, 0.25) is 5.13 Å². The van der Waals surface area contributed by atoms with Crippen LogP contribution >= 0.6 is 11.3 Å². The summed E-state index contributed by atoms with van der Waals surface area (Å²) in [5.41, 5.74) is 0.881. The van der Waals surface area contributed by atoms with Gasteiger partial charge in [-0.15, -0.1) is 10.2 Å². The van der Waals surface area contributed by atoms with Gasteiger partial charge in [0.1, 0.15) is 10.8 Å². The number of rotatable bonds is 7. The van der Waals surface area contributed by atoms with Crippen molar-refractivity contribution in [3.05, 3.63) is 40.7 Å². The number of halogens is 1. The molecule has 1 heterocycles. The van der Waals surface area contributed by atoms with Crippen LogP contribution in [-0.4, -0.2) is 53.2 Å². The van der Waals surface area contributed by atoms with Crippen molar-refractivity contribution >= 4 is 22.5 Å². The first-order chi connectivity index (χ1) is 12.0. The minimum atomic E-state index is -0.283. The van der Waals surface area contributed by atoms with Crippen LogP contribution in [0.25, 0.3) is 0 Å². The van der Waals surface area contributed by atoms with E-state index in [9.17, 15) is 9.18 Å². The molecule has 1 aliphatic carbocycles. The van der Waals surface area contributed by atoms with E-state index in [-0.39, 0.29) is 11.8 Å². The number of nitrogens with zero attached hydrogens (tertiary/aromatic N) is 4. The predicted molar refractivity (Wildman–Crippen MR) is 96.3 cm³/mol. The number of carbonyl (C=O) groups excluding carboxylic acids is 1. The van der Waals surface area contributed by atoms with Gasteiger partial charge in [-0.3, -0.25) is 5.32 Å². The number of anilines is 1. The van der Waals surface area contributed by atoms with Crippen molar-refractivity contribution in [1.82, 2.24) is 20.0 Å². The zero-order valence-corrected chi connectivity index (χ0v) is 15.2. The summed E-state index contributed by atoms with van der Waals surface area (Å²) >= 11 is 1.44. The standard InChI is InChI=1S/C17H22FN5OS/c1-22(2)9-10-23(11-12-3-7-14(18)8-4-12)17(24)19-16-21-20-15(25-16)13-5-6-13/h3-4,7-8,13H,5-6,9-11H2,1-2H3,(H,19,21,24). The number of nitrogens with one attached hydrogen (secondary N) is 1. The summed E-state index contributed by atoms with van der Waals surface area (Å²) in [5, 5.41) is 12.6. The Bertz CT molecular complexity index is 714. The molecule has 1 N–H and O–H groups in total. The van der Waals surface area contributed by atoms with E-state index >= 15 is 0 Å². The SMILES string of the molecule is CN(C)CCN(Cc1ccc(F)cc1)C(=O)Nc1nnc(C2CC2)s1. The number of hydrogen-bond acceptors (Lipinski definition) is 5. The molecule has 3 rings (SSSR count). The molecule has 2 aromatic rings. The Balaban J connectivity index is 1.65. The molecule has 2 amide bonds. The highest BCUT2D eigenvalue weighted by molar-refractivity contribution is 7.15. The fraction of sp³-hybridized carbons (Fsp3) is 0.471. The van der Waals surface area contributed by atoms with Gasteiger partial charge in [-0.1, -0.05) is 23.5 Å². The monoisotopic (exact) mass is 363 g/mol. The molecule has 0 radical (unpaired) electrons. The van der Waals surface area contributed by atoms with Crippen LogP contribution in [0.1, 0.15) is 29.3 Å². The van der Waals surface area contributed by atoms with Gasteiger partial charge in [0.05, 0.1) is 0 Å². The fourth-order valence-corrected chi connectivity index (χ4v) is 3.24. The average molecular weight is 363 g/mol. The molecule has 0 atom stereocenters. The molecule has 1 fully saturated rings. The van der Waals surface area contributed by atoms with E-state index in [1.54, 1.807) is 17.0 Å². The number of likely N-dealkylation sites (N-methyl/N-ethyl adjacent to an activating group) is 1. The highest BCUT2D eigenvalue weighted by Gasteiger charge is 2.28. The van der Waals surface area contributed by atoms with Gasteiger partial charge < -0.3 is 9.80 Å². The Kier molecular flexibility index (Phi) is 5.60. The molecule has 0 bridgehead atoms. The Hall–Kier alpha value is -2.06. The maximum atomic E-state index is 13.1. The lowest BCUT2D eigenvalue weighted by Gasteiger charge is -2.24. The van der Waals surface area contributed by atoms with E-state index < -0.39 is 0 Å². The van der Waals surface area contributed by atoms with Gasteiger partial charge in [0, 0.05) is 25.6 Å². The summed E-state index contributed by atoms with van der Waals surface area (Å²) in [6, 6.07) is 5.99. The van der Waals surface area contributed by atoms with Crippen LogP contribution in [0, 0.1) is 5.82 Å².